The third-order valence-electron chi connectivity index (χ3n) is 7.90. The van der Waals surface area contributed by atoms with Crippen molar-refractivity contribution in [1.82, 2.24) is 20.1 Å². The standard InChI is InChI=1S/C31H26F6N4O2/c1-43-15-16-4-6-18(7-5-16)21-3-2-8-38-27(21)24(11-17-9-19(32)12-20(33)10-17)39-25(42)14-41-29-26(28(40-41)30(34)35)22-13-23(22)31(29,36)37/h2-10,12,22-24,30H,11,13-15H2,1H3,(H,39,42)/t22-,23+,24-/m0/s1. The summed E-state index contributed by atoms with van der Waals surface area (Å²) in [4.78, 5) is 17.8. The number of halogens is 6. The zero-order valence-electron chi connectivity index (χ0n) is 22.8. The first-order valence-electron chi connectivity index (χ1n) is 13.6. The maximum absolute atomic E-state index is 15.0. The Morgan fingerprint density at radius 3 is 2.47 bits per heavy atom. The summed E-state index contributed by atoms with van der Waals surface area (Å²) >= 11 is 0. The van der Waals surface area contributed by atoms with Crippen LogP contribution in [0.2, 0.25) is 0 Å². The number of fused-ring (bicyclic) bond motifs is 3. The maximum atomic E-state index is 15.0. The number of hydrogen-bond acceptors (Lipinski definition) is 4. The molecule has 6 nitrogen and oxygen atoms in total. The third kappa shape index (κ3) is 5.51. The second-order valence-corrected chi connectivity index (χ2v) is 10.8. The topological polar surface area (TPSA) is 69.0 Å². The molecule has 2 aromatic carbocycles. The molecule has 0 bridgehead atoms. The Bertz CT molecular complexity index is 1650. The van der Waals surface area contributed by atoms with Gasteiger partial charge in [-0.05, 0) is 53.6 Å². The minimum Gasteiger partial charge on any atom is -0.380 e. The van der Waals surface area contributed by atoms with Crippen molar-refractivity contribution in [3.8, 4) is 11.1 Å². The maximum Gasteiger partial charge on any atom is 0.293 e. The van der Waals surface area contributed by atoms with Crippen LogP contribution in [0, 0.1) is 17.6 Å². The van der Waals surface area contributed by atoms with Crippen molar-refractivity contribution < 1.29 is 35.9 Å². The Balaban J connectivity index is 1.34. The van der Waals surface area contributed by atoms with E-state index >= 15 is 8.78 Å². The van der Waals surface area contributed by atoms with E-state index in [0.717, 1.165) is 23.3 Å². The second kappa shape index (κ2) is 11.1. The summed E-state index contributed by atoms with van der Waals surface area (Å²) in [5, 5.41) is 6.45. The first kappa shape index (κ1) is 28.9. The summed E-state index contributed by atoms with van der Waals surface area (Å²) in [7, 11) is 1.57. The van der Waals surface area contributed by atoms with Crippen molar-refractivity contribution in [1.29, 1.82) is 0 Å². The van der Waals surface area contributed by atoms with Crippen LogP contribution in [0.5, 0.6) is 0 Å². The molecule has 3 atom stereocenters. The predicted octanol–water partition coefficient (Wildman–Crippen LogP) is 6.62. The molecular weight excluding hydrogens is 574 g/mol. The number of carbonyl (C=O) groups excluding carboxylic acids is 1. The number of nitrogens with zero attached hydrogens (tertiary/aromatic N) is 3. The summed E-state index contributed by atoms with van der Waals surface area (Å²) in [6, 6.07) is 12.8. The van der Waals surface area contributed by atoms with E-state index < -0.39 is 65.7 Å². The number of hydrogen-bond donors (Lipinski definition) is 1. The molecule has 1 amide bonds. The van der Waals surface area contributed by atoms with Crippen LogP contribution in [0.1, 0.15) is 58.6 Å². The van der Waals surface area contributed by atoms with Crippen molar-refractivity contribution >= 4 is 5.91 Å². The monoisotopic (exact) mass is 600 g/mol. The Kier molecular flexibility index (Phi) is 7.49. The van der Waals surface area contributed by atoms with Crippen molar-refractivity contribution in [2.24, 2.45) is 5.92 Å². The van der Waals surface area contributed by atoms with Crippen molar-refractivity contribution in [3.05, 3.63) is 106 Å². The number of nitrogens with one attached hydrogen (secondary N) is 1. The molecule has 2 aliphatic carbocycles. The first-order valence-corrected chi connectivity index (χ1v) is 13.6. The van der Waals surface area contributed by atoms with Gasteiger partial charge in [0.1, 0.15) is 29.6 Å². The molecule has 2 aliphatic rings. The fourth-order valence-corrected chi connectivity index (χ4v) is 6.02. The number of benzene rings is 2. The van der Waals surface area contributed by atoms with E-state index in [1.807, 2.05) is 24.3 Å². The SMILES string of the molecule is COCc1ccc(-c2cccnc2[C@H](Cc2cc(F)cc(F)c2)NC(=O)Cn2nc(C(F)F)c3c2C(F)(F)[C@@H]2C[C@H]32)cc1. The average Bonchev–Trinajstić information content (AvgIpc) is 3.61. The summed E-state index contributed by atoms with van der Waals surface area (Å²) in [5.74, 6) is -7.61. The van der Waals surface area contributed by atoms with E-state index in [1.165, 1.54) is 6.20 Å². The molecule has 0 radical (unpaired) electrons. The van der Waals surface area contributed by atoms with E-state index in [0.29, 0.717) is 28.6 Å². The van der Waals surface area contributed by atoms with E-state index in [4.69, 9.17) is 4.74 Å². The first-order chi connectivity index (χ1) is 20.6. The summed E-state index contributed by atoms with van der Waals surface area (Å²) in [6.45, 7) is -0.360. The Morgan fingerprint density at radius 1 is 1.07 bits per heavy atom. The van der Waals surface area contributed by atoms with Crippen LogP contribution in [0.4, 0.5) is 26.3 Å². The lowest BCUT2D eigenvalue weighted by Crippen LogP contribution is -2.35. The fourth-order valence-electron chi connectivity index (χ4n) is 6.02. The van der Waals surface area contributed by atoms with Crippen molar-refractivity contribution in [2.75, 3.05) is 7.11 Å². The molecule has 1 fully saturated rings. The molecular formula is C31H26F6N4O2. The molecule has 0 saturated heterocycles. The van der Waals surface area contributed by atoms with Gasteiger partial charge in [-0.1, -0.05) is 30.3 Å². The van der Waals surface area contributed by atoms with Gasteiger partial charge in [-0.2, -0.15) is 13.9 Å². The zero-order valence-corrected chi connectivity index (χ0v) is 22.8. The summed E-state index contributed by atoms with van der Waals surface area (Å²) in [5.41, 5.74) is 1.26. The van der Waals surface area contributed by atoms with Crippen LogP contribution in [0.25, 0.3) is 11.1 Å². The van der Waals surface area contributed by atoms with Gasteiger partial charge >= 0.3 is 0 Å². The summed E-state index contributed by atoms with van der Waals surface area (Å²) in [6.07, 6.45) is -1.59. The lowest BCUT2D eigenvalue weighted by atomic mass is 9.95. The lowest BCUT2D eigenvalue weighted by Gasteiger charge is -2.22. The van der Waals surface area contributed by atoms with Gasteiger partial charge in [0, 0.05) is 36.4 Å². The highest BCUT2D eigenvalue weighted by Crippen LogP contribution is 2.68. The highest BCUT2D eigenvalue weighted by Gasteiger charge is 2.67. The van der Waals surface area contributed by atoms with Crippen LogP contribution in [0.15, 0.2) is 60.8 Å². The third-order valence-corrected chi connectivity index (χ3v) is 7.90. The average molecular weight is 601 g/mol. The van der Waals surface area contributed by atoms with Gasteiger partial charge in [0.15, 0.2) is 0 Å². The minimum atomic E-state index is -3.39. The zero-order chi connectivity index (χ0) is 30.5. The Hall–Kier alpha value is -4.19. The molecule has 2 heterocycles. The number of carbonyl (C=O) groups is 1. The van der Waals surface area contributed by atoms with Crippen LogP contribution in [0.3, 0.4) is 0 Å². The molecule has 1 N–H and O–H groups in total. The minimum absolute atomic E-state index is 0.0960. The Morgan fingerprint density at radius 2 is 1.79 bits per heavy atom. The van der Waals surface area contributed by atoms with Crippen molar-refractivity contribution in [3.63, 3.8) is 0 Å². The van der Waals surface area contributed by atoms with E-state index in [9.17, 15) is 22.4 Å². The highest BCUT2D eigenvalue weighted by atomic mass is 19.3. The molecule has 0 aliphatic heterocycles. The van der Waals surface area contributed by atoms with Crippen LogP contribution >= 0.6 is 0 Å². The number of amides is 1. The molecule has 0 spiro atoms. The lowest BCUT2D eigenvalue weighted by molar-refractivity contribution is -0.123. The summed E-state index contributed by atoms with van der Waals surface area (Å²) < 4.78 is 91.5. The molecule has 0 unspecified atom stereocenters. The van der Waals surface area contributed by atoms with E-state index in [2.05, 4.69) is 15.4 Å². The van der Waals surface area contributed by atoms with Crippen molar-refractivity contribution in [2.45, 2.75) is 50.3 Å². The largest absolute Gasteiger partial charge is 0.380 e. The van der Waals surface area contributed by atoms with Crippen LogP contribution in [-0.2, 0) is 35.0 Å². The molecule has 4 aromatic rings. The van der Waals surface area contributed by atoms with Gasteiger partial charge in [0.25, 0.3) is 12.3 Å². The second-order valence-electron chi connectivity index (χ2n) is 10.8. The molecule has 224 valence electrons. The number of alkyl halides is 4. The smallest absolute Gasteiger partial charge is 0.293 e. The van der Waals surface area contributed by atoms with Gasteiger partial charge < -0.3 is 10.1 Å². The molecule has 1 saturated carbocycles. The molecule has 12 heteroatoms. The molecule has 6 rings (SSSR count). The van der Waals surface area contributed by atoms with Crippen LogP contribution in [-0.4, -0.2) is 27.8 Å². The number of ether oxygens (including phenoxy) is 1. The molecule has 2 aromatic heterocycles. The highest BCUT2D eigenvalue weighted by molar-refractivity contribution is 5.77. The van der Waals surface area contributed by atoms with Gasteiger partial charge in [0.2, 0.25) is 5.91 Å². The van der Waals surface area contributed by atoms with E-state index in [1.54, 1.807) is 19.2 Å². The number of pyridine rings is 1. The van der Waals surface area contributed by atoms with E-state index in [-0.39, 0.29) is 24.0 Å². The number of aromatic nitrogens is 3. The Labute approximate surface area is 242 Å². The predicted molar refractivity (Wildman–Crippen MR) is 143 cm³/mol. The number of rotatable bonds is 10. The number of methoxy groups -OCH3 is 1. The van der Waals surface area contributed by atoms with Gasteiger partial charge in [-0.15, -0.1) is 0 Å². The van der Waals surface area contributed by atoms with Crippen LogP contribution < -0.4 is 5.32 Å². The molecule has 43 heavy (non-hydrogen) atoms. The van der Waals surface area contributed by atoms with Gasteiger partial charge in [-0.3, -0.25) is 14.5 Å². The normalized spacial score (nSPS) is 18.8. The van der Waals surface area contributed by atoms with Gasteiger partial charge in [-0.25, -0.2) is 17.6 Å². The quantitative estimate of drug-likeness (QED) is 0.208. The van der Waals surface area contributed by atoms with Gasteiger partial charge in [0.05, 0.1) is 18.3 Å². The fraction of sp³-hybridized carbons (Fsp3) is 0.323.